The Kier molecular flexibility index (Phi) is 3.84. The number of nitrogens with zero attached hydrogens (tertiary/aromatic N) is 1. The Bertz CT molecular complexity index is 682. The van der Waals surface area contributed by atoms with Crippen LogP contribution in [-0.2, 0) is 19.4 Å². The number of ether oxygens (including phenoxy) is 1. The minimum Gasteiger partial charge on any atom is -0.486 e. The van der Waals surface area contributed by atoms with Gasteiger partial charge in [-0.15, -0.1) is 0 Å². The molecule has 21 heavy (non-hydrogen) atoms. The summed E-state index contributed by atoms with van der Waals surface area (Å²) in [6.45, 7) is 0.251. The number of benzene rings is 1. The predicted octanol–water partition coefficient (Wildman–Crippen LogP) is 2.88. The van der Waals surface area contributed by atoms with E-state index in [4.69, 9.17) is 26.6 Å². The van der Waals surface area contributed by atoms with Gasteiger partial charge in [-0.25, -0.2) is 0 Å². The van der Waals surface area contributed by atoms with Crippen LogP contribution in [0.3, 0.4) is 0 Å². The molecular formula is C15H15ClN2O3. The summed E-state index contributed by atoms with van der Waals surface area (Å²) < 4.78 is 11.0. The van der Waals surface area contributed by atoms with Crippen molar-refractivity contribution in [2.45, 2.75) is 32.3 Å². The predicted molar refractivity (Wildman–Crippen MR) is 77.4 cm³/mol. The van der Waals surface area contributed by atoms with Gasteiger partial charge in [0, 0.05) is 17.0 Å². The maximum Gasteiger partial charge on any atom is 0.252 e. The summed E-state index contributed by atoms with van der Waals surface area (Å²) in [6, 6.07) is 4.79. The second-order valence-corrected chi connectivity index (χ2v) is 5.47. The molecule has 5 nitrogen and oxygen atoms in total. The second kappa shape index (κ2) is 5.77. The van der Waals surface area contributed by atoms with Crippen LogP contribution in [0, 0.1) is 0 Å². The first-order chi connectivity index (χ1) is 10.1. The van der Waals surface area contributed by atoms with Crippen molar-refractivity contribution in [2.24, 2.45) is 5.73 Å². The van der Waals surface area contributed by atoms with Gasteiger partial charge in [-0.2, -0.15) is 0 Å². The summed E-state index contributed by atoms with van der Waals surface area (Å²) in [6.07, 6.45) is 4.15. The highest BCUT2D eigenvalue weighted by atomic mass is 35.5. The van der Waals surface area contributed by atoms with Gasteiger partial charge in [0.2, 0.25) is 0 Å². The molecule has 6 heteroatoms. The number of nitrogens with two attached hydrogens (primary N) is 1. The van der Waals surface area contributed by atoms with Gasteiger partial charge in [-0.3, -0.25) is 4.79 Å². The van der Waals surface area contributed by atoms with E-state index in [1.807, 2.05) is 0 Å². The van der Waals surface area contributed by atoms with Crippen LogP contribution in [0.4, 0.5) is 0 Å². The zero-order valence-electron chi connectivity index (χ0n) is 11.4. The standard InChI is InChI=1S/C15H15ClN2O3/c16-9-5-6-13(11(7-9)15(17)19)20-8-12-10-3-1-2-4-14(10)21-18-12/h5-7H,1-4,8H2,(H2,17,19). The Morgan fingerprint density at radius 2 is 2.19 bits per heavy atom. The van der Waals surface area contributed by atoms with Crippen molar-refractivity contribution < 1.29 is 14.1 Å². The van der Waals surface area contributed by atoms with Gasteiger partial charge in [-0.05, 0) is 37.5 Å². The molecule has 0 aliphatic heterocycles. The molecule has 0 saturated heterocycles. The largest absolute Gasteiger partial charge is 0.486 e. The monoisotopic (exact) mass is 306 g/mol. The van der Waals surface area contributed by atoms with E-state index in [9.17, 15) is 4.79 Å². The molecule has 0 spiro atoms. The molecule has 2 aromatic rings. The maximum atomic E-state index is 11.4. The number of hydrogen-bond donors (Lipinski definition) is 1. The molecule has 1 aliphatic rings. The van der Waals surface area contributed by atoms with Crippen molar-refractivity contribution >= 4 is 17.5 Å². The van der Waals surface area contributed by atoms with Crippen LogP contribution in [0.2, 0.25) is 5.02 Å². The van der Waals surface area contributed by atoms with Crippen molar-refractivity contribution in [3.05, 3.63) is 45.8 Å². The molecule has 0 atom stereocenters. The Balaban J connectivity index is 1.79. The molecule has 3 rings (SSSR count). The van der Waals surface area contributed by atoms with Crippen LogP contribution < -0.4 is 10.5 Å². The summed E-state index contributed by atoms with van der Waals surface area (Å²) in [4.78, 5) is 11.4. The molecule has 0 saturated carbocycles. The molecule has 1 aromatic heterocycles. The number of hydrogen-bond acceptors (Lipinski definition) is 4. The number of amides is 1. The molecule has 0 radical (unpaired) electrons. The number of carbonyl (C=O) groups excluding carboxylic acids is 1. The molecule has 0 unspecified atom stereocenters. The summed E-state index contributed by atoms with van der Waals surface area (Å²) in [7, 11) is 0. The lowest BCUT2D eigenvalue weighted by Crippen LogP contribution is -2.13. The van der Waals surface area contributed by atoms with Gasteiger partial charge in [0.15, 0.2) is 0 Å². The summed E-state index contributed by atoms with van der Waals surface area (Å²) >= 11 is 5.86. The quantitative estimate of drug-likeness (QED) is 0.942. The Labute approximate surface area is 127 Å². The Hall–Kier alpha value is -2.01. The number of aryl methyl sites for hydroxylation is 1. The lowest BCUT2D eigenvalue weighted by Gasteiger charge is -2.11. The topological polar surface area (TPSA) is 78.4 Å². The highest BCUT2D eigenvalue weighted by Gasteiger charge is 2.20. The summed E-state index contributed by atoms with van der Waals surface area (Å²) in [5.74, 6) is 0.778. The molecule has 1 amide bonds. The van der Waals surface area contributed by atoms with E-state index in [1.54, 1.807) is 12.1 Å². The molecular weight excluding hydrogens is 292 g/mol. The molecule has 0 fully saturated rings. The van der Waals surface area contributed by atoms with Gasteiger partial charge >= 0.3 is 0 Å². The van der Waals surface area contributed by atoms with Gasteiger partial charge in [0.1, 0.15) is 23.8 Å². The first-order valence-corrected chi connectivity index (χ1v) is 7.21. The van der Waals surface area contributed by atoms with Crippen molar-refractivity contribution in [3.63, 3.8) is 0 Å². The average Bonchev–Trinajstić information content (AvgIpc) is 2.89. The lowest BCUT2D eigenvalue weighted by atomic mass is 9.97. The first-order valence-electron chi connectivity index (χ1n) is 6.83. The van der Waals surface area contributed by atoms with Gasteiger partial charge in [0.05, 0.1) is 5.56 Å². The first kappa shape index (κ1) is 13.9. The third kappa shape index (κ3) is 2.88. The third-order valence-electron chi connectivity index (χ3n) is 3.60. The van der Waals surface area contributed by atoms with Gasteiger partial charge in [0.25, 0.3) is 5.91 Å². The van der Waals surface area contributed by atoms with Gasteiger partial charge < -0.3 is 15.0 Å². The van der Waals surface area contributed by atoms with Crippen molar-refractivity contribution in [2.75, 3.05) is 0 Å². The highest BCUT2D eigenvalue weighted by Crippen LogP contribution is 2.27. The average molecular weight is 307 g/mol. The van der Waals surface area contributed by atoms with Crippen LogP contribution in [-0.4, -0.2) is 11.1 Å². The third-order valence-corrected chi connectivity index (χ3v) is 3.84. The second-order valence-electron chi connectivity index (χ2n) is 5.03. The SMILES string of the molecule is NC(=O)c1cc(Cl)ccc1OCc1noc2c1CCCC2. The molecule has 0 bridgehead atoms. The van der Waals surface area contributed by atoms with E-state index in [0.29, 0.717) is 10.8 Å². The van der Waals surface area contributed by atoms with Crippen LogP contribution in [0.1, 0.15) is 40.2 Å². The van der Waals surface area contributed by atoms with Crippen molar-refractivity contribution in [3.8, 4) is 5.75 Å². The normalized spacial score (nSPS) is 13.8. The highest BCUT2D eigenvalue weighted by molar-refractivity contribution is 6.31. The van der Waals surface area contributed by atoms with Crippen LogP contribution in [0.25, 0.3) is 0 Å². The summed E-state index contributed by atoms with van der Waals surface area (Å²) in [5.41, 5.74) is 7.52. The van der Waals surface area contributed by atoms with E-state index in [2.05, 4.69) is 5.16 Å². The van der Waals surface area contributed by atoms with Crippen LogP contribution in [0.5, 0.6) is 5.75 Å². The zero-order chi connectivity index (χ0) is 14.8. The fraction of sp³-hybridized carbons (Fsp3) is 0.333. The van der Waals surface area contributed by atoms with Crippen LogP contribution in [0.15, 0.2) is 22.7 Å². The number of rotatable bonds is 4. The van der Waals surface area contributed by atoms with E-state index < -0.39 is 5.91 Å². The van der Waals surface area contributed by atoms with Gasteiger partial charge in [-0.1, -0.05) is 16.8 Å². The summed E-state index contributed by atoms with van der Waals surface area (Å²) in [5, 5.41) is 4.50. The zero-order valence-corrected chi connectivity index (χ0v) is 12.2. The fourth-order valence-corrected chi connectivity index (χ4v) is 2.70. The number of halogens is 1. The lowest BCUT2D eigenvalue weighted by molar-refractivity contribution is 0.0996. The fourth-order valence-electron chi connectivity index (χ4n) is 2.53. The minimum atomic E-state index is -0.574. The number of aromatic nitrogens is 1. The minimum absolute atomic E-state index is 0.251. The number of carbonyl (C=O) groups is 1. The Morgan fingerprint density at radius 1 is 1.38 bits per heavy atom. The number of fused-ring (bicyclic) bond motifs is 1. The van der Waals surface area contributed by atoms with E-state index in [1.165, 1.54) is 6.07 Å². The van der Waals surface area contributed by atoms with E-state index >= 15 is 0 Å². The molecule has 110 valence electrons. The van der Waals surface area contributed by atoms with E-state index in [-0.39, 0.29) is 12.2 Å². The van der Waals surface area contributed by atoms with Crippen molar-refractivity contribution in [1.29, 1.82) is 0 Å². The Morgan fingerprint density at radius 3 is 3.00 bits per heavy atom. The molecule has 2 N–H and O–H groups in total. The van der Waals surface area contributed by atoms with Crippen molar-refractivity contribution in [1.82, 2.24) is 5.16 Å². The molecule has 1 heterocycles. The van der Waals surface area contributed by atoms with E-state index in [0.717, 1.165) is 42.7 Å². The molecule has 1 aromatic carbocycles. The maximum absolute atomic E-state index is 11.4. The smallest absolute Gasteiger partial charge is 0.252 e. The van der Waals surface area contributed by atoms with Crippen LogP contribution >= 0.6 is 11.6 Å². The number of primary amides is 1. The molecule has 1 aliphatic carbocycles.